The average molecular weight is 358 g/mol. The first-order valence-electron chi connectivity index (χ1n) is 9.23. The van der Waals surface area contributed by atoms with Crippen molar-refractivity contribution in [3.63, 3.8) is 0 Å². The summed E-state index contributed by atoms with van der Waals surface area (Å²) in [5.74, 6) is -0.705. The molecule has 0 radical (unpaired) electrons. The van der Waals surface area contributed by atoms with Crippen molar-refractivity contribution in [2.75, 3.05) is 19.6 Å². The molecule has 1 heterocycles. The lowest BCUT2D eigenvalue weighted by atomic mass is 9.64. The molecule has 1 unspecified atom stereocenters. The number of carboxylic acids is 1. The summed E-state index contributed by atoms with van der Waals surface area (Å²) in [7, 11) is 0. The van der Waals surface area contributed by atoms with Crippen LogP contribution in [-0.4, -0.2) is 47.4 Å². The molecule has 2 aliphatic rings. The average Bonchev–Trinajstić information content (AvgIpc) is 3.02. The zero-order valence-corrected chi connectivity index (χ0v) is 15.1. The van der Waals surface area contributed by atoms with Gasteiger partial charge in [-0.2, -0.15) is 0 Å². The van der Waals surface area contributed by atoms with Gasteiger partial charge in [0.1, 0.15) is 0 Å². The third-order valence-corrected chi connectivity index (χ3v) is 5.97. The lowest BCUT2D eigenvalue weighted by Gasteiger charge is -2.38. The topological polar surface area (TPSA) is 86.7 Å². The molecular weight excluding hydrogens is 332 g/mol. The van der Waals surface area contributed by atoms with Crippen molar-refractivity contribution in [1.82, 2.24) is 10.2 Å². The van der Waals surface area contributed by atoms with E-state index in [-0.39, 0.29) is 30.7 Å². The van der Waals surface area contributed by atoms with E-state index in [1.807, 2.05) is 18.2 Å². The molecule has 1 aliphatic heterocycles. The third-order valence-electron chi connectivity index (χ3n) is 5.97. The smallest absolute Gasteiger partial charge is 0.311 e. The molecule has 1 aliphatic carbocycles. The maximum Gasteiger partial charge on any atom is 0.311 e. The molecule has 1 aromatic rings. The van der Waals surface area contributed by atoms with Gasteiger partial charge in [-0.15, -0.1) is 0 Å². The lowest BCUT2D eigenvalue weighted by molar-refractivity contribution is -0.153. The molecule has 26 heavy (non-hydrogen) atoms. The molecule has 3 rings (SSSR count). The van der Waals surface area contributed by atoms with Gasteiger partial charge in [0.2, 0.25) is 11.8 Å². The Bertz CT molecular complexity index is 690. The number of fused-ring (bicyclic) bond motifs is 1. The Labute approximate surface area is 153 Å². The summed E-state index contributed by atoms with van der Waals surface area (Å²) in [6, 6.07) is 10.2. The van der Waals surface area contributed by atoms with Crippen LogP contribution < -0.4 is 5.32 Å². The fraction of sp³-hybridized carbons (Fsp3) is 0.550. The van der Waals surface area contributed by atoms with Crippen LogP contribution in [0.3, 0.4) is 0 Å². The number of carbonyl (C=O) groups is 3. The molecule has 0 bridgehead atoms. The van der Waals surface area contributed by atoms with Crippen LogP contribution in [0.4, 0.5) is 0 Å². The highest BCUT2D eigenvalue weighted by Crippen LogP contribution is 2.51. The molecular formula is C20H26N2O4. The van der Waals surface area contributed by atoms with E-state index in [2.05, 4.69) is 17.4 Å². The number of carbonyl (C=O) groups excluding carboxylic acids is 2. The second kappa shape index (κ2) is 7.48. The number of rotatable bonds is 5. The Balaban J connectivity index is 1.69. The van der Waals surface area contributed by atoms with Gasteiger partial charge in [0.05, 0.1) is 5.41 Å². The summed E-state index contributed by atoms with van der Waals surface area (Å²) in [5.41, 5.74) is 0.427. The molecule has 0 aromatic heterocycles. The summed E-state index contributed by atoms with van der Waals surface area (Å²) in [6.07, 6.45) is 2.44. The highest BCUT2D eigenvalue weighted by Gasteiger charge is 2.55. The highest BCUT2D eigenvalue weighted by atomic mass is 16.4. The minimum Gasteiger partial charge on any atom is -0.481 e. The molecule has 1 saturated carbocycles. The van der Waals surface area contributed by atoms with Gasteiger partial charge in [-0.05, 0) is 36.7 Å². The second-order valence-electron chi connectivity index (χ2n) is 7.55. The van der Waals surface area contributed by atoms with Gasteiger partial charge in [-0.3, -0.25) is 14.4 Å². The van der Waals surface area contributed by atoms with E-state index in [9.17, 15) is 19.5 Å². The normalized spacial score (nSPS) is 27.7. The number of likely N-dealkylation sites (tertiary alicyclic amines) is 1. The predicted molar refractivity (Wildman–Crippen MR) is 96.5 cm³/mol. The van der Waals surface area contributed by atoms with Crippen LogP contribution in [0.5, 0.6) is 0 Å². The monoisotopic (exact) mass is 358 g/mol. The van der Waals surface area contributed by atoms with Gasteiger partial charge in [-0.1, -0.05) is 30.3 Å². The number of benzene rings is 1. The molecule has 0 spiro atoms. The van der Waals surface area contributed by atoms with Crippen molar-refractivity contribution in [2.45, 2.75) is 38.5 Å². The first-order chi connectivity index (χ1) is 12.4. The standard InChI is InChI=1S/C20H26N2O4/c1-14(23)21-10-8-18(24)22-12-17-11-16(15-5-3-2-4-6-15)7-9-20(17,13-22)19(25)26/h2-6,16-17H,7-13H2,1H3,(H,21,23)(H,25,26)/t16?,17-,20-/m0/s1. The number of aliphatic carboxylic acids is 1. The Morgan fingerprint density at radius 1 is 1.27 bits per heavy atom. The zero-order chi connectivity index (χ0) is 18.7. The van der Waals surface area contributed by atoms with Gasteiger partial charge in [-0.25, -0.2) is 0 Å². The van der Waals surface area contributed by atoms with Gasteiger partial charge in [0, 0.05) is 33.0 Å². The molecule has 6 nitrogen and oxygen atoms in total. The van der Waals surface area contributed by atoms with E-state index < -0.39 is 11.4 Å². The number of amides is 2. The summed E-state index contributed by atoms with van der Waals surface area (Å²) in [6.45, 7) is 2.49. The molecule has 2 N–H and O–H groups in total. The van der Waals surface area contributed by atoms with Crippen molar-refractivity contribution < 1.29 is 19.5 Å². The Hall–Kier alpha value is -2.37. The molecule has 1 aromatic carbocycles. The Morgan fingerprint density at radius 3 is 2.65 bits per heavy atom. The van der Waals surface area contributed by atoms with E-state index in [0.29, 0.717) is 25.4 Å². The van der Waals surface area contributed by atoms with Gasteiger partial charge in [0.25, 0.3) is 0 Å². The van der Waals surface area contributed by atoms with E-state index in [4.69, 9.17) is 0 Å². The first kappa shape index (κ1) is 18.4. The van der Waals surface area contributed by atoms with Crippen molar-refractivity contribution in [2.24, 2.45) is 11.3 Å². The van der Waals surface area contributed by atoms with Crippen LogP contribution in [0.2, 0.25) is 0 Å². The largest absolute Gasteiger partial charge is 0.481 e. The van der Waals surface area contributed by atoms with Crippen molar-refractivity contribution >= 4 is 17.8 Å². The van der Waals surface area contributed by atoms with Gasteiger partial charge in [0.15, 0.2) is 0 Å². The quantitative estimate of drug-likeness (QED) is 0.843. The van der Waals surface area contributed by atoms with Crippen molar-refractivity contribution in [3.8, 4) is 0 Å². The van der Waals surface area contributed by atoms with Crippen LogP contribution in [0.1, 0.15) is 44.1 Å². The minimum absolute atomic E-state index is 0.0244. The summed E-state index contributed by atoms with van der Waals surface area (Å²) in [5, 5.41) is 12.5. The minimum atomic E-state index is -0.824. The van der Waals surface area contributed by atoms with Crippen molar-refractivity contribution in [3.05, 3.63) is 35.9 Å². The Morgan fingerprint density at radius 2 is 2.00 bits per heavy atom. The number of nitrogens with one attached hydrogen (secondary N) is 1. The first-order valence-corrected chi connectivity index (χ1v) is 9.23. The van der Waals surface area contributed by atoms with E-state index in [0.717, 1.165) is 12.8 Å². The number of hydrogen-bond donors (Lipinski definition) is 2. The molecule has 1 saturated heterocycles. The molecule has 3 atom stereocenters. The summed E-state index contributed by atoms with van der Waals surface area (Å²) < 4.78 is 0. The zero-order valence-electron chi connectivity index (χ0n) is 15.1. The second-order valence-corrected chi connectivity index (χ2v) is 7.55. The maximum absolute atomic E-state index is 12.5. The van der Waals surface area contributed by atoms with Crippen LogP contribution in [0, 0.1) is 11.3 Å². The fourth-order valence-electron chi connectivity index (χ4n) is 4.52. The van der Waals surface area contributed by atoms with Crippen LogP contribution >= 0.6 is 0 Å². The third kappa shape index (κ3) is 3.59. The molecule has 6 heteroatoms. The lowest BCUT2D eigenvalue weighted by Crippen LogP contribution is -2.43. The number of carboxylic acid groups (broad SMARTS) is 1. The van der Waals surface area contributed by atoms with Crippen LogP contribution in [0.25, 0.3) is 0 Å². The number of hydrogen-bond acceptors (Lipinski definition) is 3. The molecule has 2 fully saturated rings. The highest BCUT2D eigenvalue weighted by molar-refractivity contribution is 5.82. The molecule has 2 amide bonds. The number of nitrogens with zero attached hydrogens (tertiary/aromatic N) is 1. The van der Waals surface area contributed by atoms with Gasteiger partial charge >= 0.3 is 5.97 Å². The SMILES string of the molecule is CC(=O)NCCC(=O)N1C[C@@H]2CC(c3ccccc3)CC[C@]2(C(=O)O)C1. The van der Waals surface area contributed by atoms with E-state index >= 15 is 0 Å². The Kier molecular flexibility index (Phi) is 5.30. The predicted octanol–water partition coefficient (Wildman–Crippen LogP) is 2.01. The maximum atomic E-state index is 12.5. The van der Waals surface area contributed by atoms with E-state index in [1.165, 1.54) is 12.5 Å². The molecule has 140 valence electrons. The van der Waals surface area contributed by atoms with Crippen molar-refractivity contribution in [1.29, 1.82) is 0 Å². The van der Waals surface area contributed by atoms with Gasteiger partial charge < -0.3 is 15.3 Å². The van der Waals surface area contributed by atoms with Crippen LogP contribution in [-0.2, 0) is 14.4 Å². The van der Waals surface area contributed by atoms with E-state index in [1.54, 1.807) is 4.90 Å². The summed E-state index contributed by atoms with van der Waals surface area (Å²) in [4.78, 5) is 37.2. The summed E-state index contributed by atoms with van der Waals surface area (Å²) >= 11 is 0. The fourth-order valence-corrected chi connectivity index (χ4v) is 4.52. The van der Waals surface area contributed by atoms with Crippen LogP contribution in [0.15, 0.2) is 30.3 Å².